The summed E-state index contributed by atoms with van der Waals surface area (Å²) in [4.78, 5) is 55.1. The van der Waals surface area contributed by atoms with Crippen LogP contribution in [0.4, 0.5) is 16.2 Å². The minimum Gasteiger partial charge on any atom is -0.309 e. The van der Waals surface area contributed by atoms with E-state index in [0.29, 0.717) is 16.9 Å². The van der Waals surface area contributed by atoms with Crippen molar-refractivity contribution in [2.75, 3.05) is 4.90 Å². The molecule has 204 valence electrons. The molecule has 1 saturated heterocycles. The normalized spacial score (nSPS) is 14.2. The molecule has 1 N–H and O–H groups in total. The third kappa shape index (κ3) is 4.73. The Morgan fingerprint density at radius 1 is 0.786 bits per heavy atom. The fraction of sp³-hybridized carbons (Fsp3) is 0. The van der Waals surface area contributed by atoms with Crippen LogP contribution in [0.3, 0.4) is 0 Å². The highest BCUT2D eigenvalue weighted by Crippen LogP contribution is 2.38. The molecule has 3 aromatic carbocycles. The van der Waals surface area contributed by atoms with Crippen molar-refractivity contribution < 1.29 is 19.3 Å². The van der Waals surface area contributed by atoms with Crippen molar-refractivity contribution in [3.8, 4) is 28.2 Å². The maximum atomic E-state index is 13.6. The summed E-state index contributed by atoms with van der Waals surface area (Å²) in [5.41, 5.74) is 4.05. The highest BCUT2D eigenvalue weighted by molar-refractivity contribution is 6.39. The summed E-state index contributed by atoms with van der Waals surface area (Å²) in [7, 11) is 0. The van der Waals surface area contributed by atoms with Gasteiger partial charge in [-0.2, -0.15) is 0 Å². The second-order valence-corrected chi connectivity index (χ2v) is 9.34. The molecule has 4 amide bonds. The van der Waals surface area contributed by atoms with Crippen molar-refractivity contribution >= 4 is 35.3 Å². The van der Waals surface area contributed by atoms with E-state index in [4.69, 9.17) is 0 Å². The van der Waals surface area contributed by atoms with E-state index in [1.807, 2.05) is 71.3 Å². The molecule has 0 unspecified atom stereocenters. The number of aromatic nitrogens is 2. The van der Waals surface area contributed by atoms with E-state index < -0.39 is 22.8 Å². The number of carbonyl (C=O) groups excluding carboxylic acids is 3. The molecule has 0 atom stereocenters. The molecule has 5 aromatic rings. The molecule has 0 aliphatic carbocycles. The van der Waals surface area contributed by atoms with Crippen molar-refractivity contribution in [1.82, 2.24) is 14.9 Å². The minimum atomic E-state index is -0.869. The van der Waals surface area contributed by atoms with Crippen molar-refractivity contribution in [2.45, 2.75) is 0 Å². The number of benzene rings is 3. The Morgan fingerprint density at radius 2 is 1.45 bits per heavy atom. The van der Waals surface area contributed by atoms with Crippen LogP contribution in [0, 0.1) is 10.1 Å². The maximum Gasteiger partial charge on any atom is 0.336 e. The van der Waals surface area contributed by atoms with E-state index in [1.165, 1.54) is 30.6 Å². The Balaban J connectivity index is 1.60. The monoisotopic (exact) mass is 555 g/mol. The molecule has 0 radical (unpaired) electrons. The molecule has 1 aliphatic heterocycles. The van der Waals surface area contributed by atoms with Crippen LogP contribution in [0.5, 0.6) is 0 Å². The highest BCUT2D eigenvalue weighted by Gasteiger charge is 2.37. The fourth-order valence-corrected chi connectivity index (χ4v) is 4.88. The van der Waals surface area contributed by atoms with Crippen molar-refractivity contribution in [3.63, 3.8) is 0 Å². The van der Waals surface area contributed by atoms with Crippen LogP contribution in [-0.2, 0) is 9.59 Å². The molecule has 2 aromatic heterocycles. The topological polar surface area (TPSA) is 127 Å². The van der Waals surface area contributed by atoms with Gasteiger partial charge < -0.3 is 4.57 Å². The summed E-state index contributed by atoms with van der Waals surface area (Å²) in [5.74, 6) is -1.62. The Hall–Kier alpha value is -6.16. The predicted molar refractivity (Wildman–Crippen MR) is 157 cm³/mol. The molecule has 3 heterocycles. The number of rotatable bonds is 6. The Kier molecular flexibility index (Phi) is 6.69. The van der Waals surface area contributed by atoms with E-state index >= 15 is 0 Å². The summed E-state index contributed by atoms with van der Waals surface area (Å²) in [5, 5.41) is 13.6. The Labute approximate surface area is 239 Å². The van der Waals surface area contributed by atoms with E-state index in [0.717, 1.165) is 21.7 Å². The number of imide groups is 2. The van der Waals surface area contributed by atoms with Crippen LogP contribution < -0.4 is 10.2 Å². The van der Waals surface area contributed by atoms with Crippen molar-refractivity contribution in [2.24, 2.45) is 0 Å². The van der Waals surface area contributed by atoms with Gasteiger partial charge in [0.1, 0.15) is 5.57 Å². The lowest BCUT2D eigenvalue weighted by Gasteiger charge is -2.26. The molecule has 1 aliphatic rings. The first-order valence-electron chi connectivity index (χ1n) is 12.9. The SMILES string of the molecule is O=C1NC(=O)N(c2cccnc2)C(=O)/C1=C\c1cc(-c2ccccc2)n(-c2ccc([N+](=O)[O-])cc2)c1-c1ccccc1. The van der Waals surface area contributed by atoms with Gasteiger partial charge in [0.2, 0.25) is 0 Å². The first-order chi connectivity index (χ1) is 20.4. The maximum absolute atomic E-state index is 13.6. The predicted octanol–water partition coefficient (Wildman–Crippen LogP) is 5.78. The van der Waals surface area contributed by atoms with Gasteiger partial charge in [0, 0.05) is 29.6 Å². The second-order valence-electron chi connectivity index (χ2n) is 9.34. The Morgan fingerprint density at radius 3 is 2.07 bits per heavy atom. The average Bonchev–Trinajstić information content (AvgIpc) is 3.40. The van der Waals surface area contributed by atoms with Crippen LogP contribution in [0.1, 0.15) is 5.56 Å². The van der Waals surface area contributed by atoms with Gasteiger partial charge >= 0.3 is 6.03 Å². The minimum absolute atomic E-state index is 0.0552. The number of hydrogen-bond donors (Lipinski definition) is 1. The number of anilines is 1. The lowest BCUT2D eigenvalue weighted by atomic mass is 10.0. The van der Waals surface area contributed by atoms with Gasteiger partial charge in [-0.1, -0.05) is 60.7 Å². The van der Waals surface area contributed by atoms with Crippen LogP contribution in [0.15, 0.2) is 121 Å². The fourth-order valence-electron chi connectivity index (χ4n) is 4.88. The molecule has 42 heavy (non-hydrogen) atoms. The number of barbiturate groups is 1. The zero-order valence-corrected chi connectivity index (χ0v) is 21.9. The summed E-state index contributed by atoms with van der Waals surface area (Å²) in [6.45, 7) is 0. The zero-order valence-electron chi connectivity index (χ0n) is 21.9. The summed E-state index contributed by atoms with van der Waals surface area (Å²) in [6, 6.07) is 29.1. The summed E-state index contributed by atoms with van der Waals surface area (Å²) < 4.78 is 1.93. The quantitative estimate of drug-likeness (QED) is 0.122. The van der Waals surface area contributed by atoms with Crippen molar-refractivity contribution in [3.05, 3.63) is 137 Å². The largest absolute Gasteiger partial charge is 0.336 e. The number of nitrogens with zero attached hydrogens (tertiary/aromatic N) is 4. The number of pyridine rings is 1. The highest BCUT2D eigenvalue weighted by atomic mass is 16.6. The van der Waals surface area contributed by atoms with Gasteiger partial charge in [0.05, 0.1) is 28.2 Å². The van der Waals surface area contributed by atoms with Crippen LogP contribution >= 0.6 is 0 Å². The third-order valence-electron chi connectivity index (χ3n) is 6.77. The van der Waals surface area contributed by atoms with E-state index in [1.54, 1.807) is 24.3 Å². The van der Waals surface area contributed by atoms with Crippen LogP contribution in [0.25, 0.3) is 34.3 Å². The molecule has 10 nitrogen and oxygen atoms in total. The lowest BCUT2D eigenvalue weighted by molar-refractivity contribution is -0.384. The van der Waals surface area contributed by atoms with Gasteiger partial charge in [-0.05, 0) is 47.5 Å². The molecule has 0 bridgehead atoms. The number of urea groups is 1. The van der Waals surface area contributed by atoms with Gasteiger partial charge in [-0.25, -0.2) is 9.69 Å². The second kappa shape index (κ2) is 10.8. The van der Waals surface area contributed by atoms with E-state index in [9.17, 15) is 24.5 Å². The first kappa shape index (κ1) is 26.1. The van der Waals surface area contributed by atoms with Gasteiger partial charge in [0.15, 0.2) is 0 Å². The number of non-ortho nitro benzene ring substituents is 1. The zero-order chi connectivity index (χ0) is 29.2. The number of carbonyl (C=O) groups is 3. The molecule has 1 fully saturated rings. The Bertz CT molecular complexity index is 1870. The van der Waals surface area contributed by atoms with Crippen LogP contribution in [0.2, 0.25) is 0 Å². The molecule has 0 saturated carbocycles. The molecular formula is C32H21N5O5. The molecular weight excluding hydrogens is 534 g/mol. The number of nitro benzene ring substituents is 1. The third-order valence-corrected chi connectivity index (χ3v) is 6.77. The number of nitrogens with one attached hydrogen (secondary N) is 1. The van der Waals surface area contributed by atoms with E-state index in [2.05, 4.69) is 10.3 Å². The van der Waals surface area contributed by atoms with Crippen molar-refractivity contribution in [1.29, 1.82) is 0 Å². The number of nitro groups is 1. The smallest absolute Gasteiger partial charge is 0.309 e. The van der Waals surface area contributed by atoms with Gasteiger partial charge in [-0.15, -0.1) is 0 Å². The van der Waals surface area contributed by atoms with E-state index in [-0.39, 0.29) is 16.9 Å². The molecule has 6 rings (SSSR count). The van der Waals surface area contributed by atoms with Crippen LogP contribution in [-0.4, -0.2) is 32.3 Å². The summed E-state index contributed by atoms with van der Waals surface area (Å²) in [6.07, 6.45) is 4.33. The summed E-state index contributed by atoms with van der Waals surface area (Å²) >= 11 is 0. The number of amides is 4. The average molecular weight is 556 g/mol. The first-order valence-corrected chi connectivity index (χ1v) is 12.9. The lowest BCUT2D eigenvalue weighted by Crippen LogP contribution is -2.54. The molecule has 0 spiro atoms. The molecule has 10 heteroatoms. The van der Waals surface area contributed by atoms with Gasteiger partial charge in [-0.3, -0.25) is 30.0 Å². The standard InChI is InChI=1S/C32H21N5O5/c38-30-27(31(39)36(32(40)34-30)26-12-7-17-33-20-26)18-23-19-28(21-8-3-1-4-9-21)35(29(23)22-10-5-2-6-11-22)24-13-15-25(16-14-24)37(41)42/h1-20H,(H,34,38,40)/b27-18-. The van der Waals surface area contributed by atoms with Gasteiger partial charge in [0.25, 0.3) is 17.5 Å². The number of hydrogen-bond acceptors (Lipinski definition) is 6.